The summed E-state index contributed by atoms with van der Waals surface area (Å²) >= 11 is 0. The number of hydrogen-bond acceptors (Lipinski definition) is 7. The number of benzene rings is 1. The molecule has 4 aromatic rings. The summed E-state index contributed by atoms with van der Waals surface area (Å²) in [6, 6.07) is 10.2. The summed E-state index contributed by atoms with van der Waals surface area (Å²) in [4.78, 5) is 12.7. The number of rotatable bonds is 4. The Morgan fingerprint density at radius 1 is 1.12 bits per heavy atom. The van der Waals surface area contributed by atoms with E-state index in [1.54, 1.807) is 35.8 Å². The van der Waals surface area contributed by atoms with Gasteiger partial charge in [-0.15, -0.1) is 0 Å². The first kappa shape index (κ1) is 19.5. The Kier molecular flexibility index (Phi) is 4.67. The van der Waals surface area contributed by atoms with Crippen LogP contribution in [0.25, 0.3) is 17.1 Å². The molecule has 158 valence electrons. The molecule has 9 heteroatoms. The average molecular weight is 424 g/mol. The predicted molar refractivity (Wildman–Crippen MR) is 116 cm³/mol. The molecule has 0 spiro atoms. The van der Waals surface area contributed by atoms with Crippen molar-refractivity contribution < 1.29 is 4.74 Å². The quantitative estimate of drug-likeness (QED) is 0.533. The van der Waals surface area contributed by atoms with Gasteiger partial charge in [-0.3, -0.25) is 9.97 Å². The molecule has 0 saturated carbocycles. The van der Waals surface area contributed by atoms with E-state index < -0.39 is 5.92 Å². The maximum atomic E-state index is 9.97. The van der Waals surface area contributed by atoms with E-state index in [0.29, 0.717) is 22.8 Å². The second-order valence-electron chi connectivity index (χ2n) is 7.68. The molecule has 9 nitrogen and oxygen atoms in total. The fourth-order valence-electron chi connectivity index (χ4n) is 3.90. The first-order chi connectivity index (χ1) is 15.6. The van der Waals surface area contributed by atoms with Gasteiger partial charge in [0, 0.05) is 30.5 Å². The molecule has 1 aliphatic heterocycles. The van der Waals surface area contributed by atoms with E-state index in [1.165, 1.54) is 0 Å². The second kappa shape index (κ2) is 7.67. The monoisotopic (exact) mass is 424 g/mol. The van der Waals surface area contributed by atoms with Crippen molar-refractivity contribution >= 4 is 0 Å². The molecular weight excluding hydrogens is 404 g/mol. The molecule has 5 rings (SSSR count). The highest BCUT2D eigenvalue weighted by molar-refractivity contribution is 5.68. The second-order valence-corrected chi connectivity index (χ2v) is 7.68. The molecule has 1 atom stereocenters. The zero-order valence-corrected chi connectivity index (χ0v) is 17.5. The standard InChI is InChI=1S/C23H20N8O/c1-14(2)31-23-20(21(29-31)18-12-26-7-8-28-18)19(17(11-24)22(25)32-23)15-3-5-16(6-4-15)30-10-9-27-13-30/h3-10,12-14,19H,25H2,1-2H3. The Labute approximate surface area is 184 Å². The van der Waals surface area contributed by atoms with Crippen LogP contribution in [0.4, 0.5) is 0 Å². The van der Waals surface area contributed by atoms with Gasteiger partial charge in [0.1, 0.15) is 23.0 Å². The number of nitriles is 1. The van der Waals surface area contributed by atoms with E-state index in [1.807, 2.05) is 48.9 Å². The zero-order chi connectivity index (χ0) is 22.2. The van der Waals surface area contributed by atoms with Crippen molar-refractivity contribution in [3.63, 3.8) is 0 Å². The van der Waals surface area contributed by atoms with Crippen molar-refractivity contribution in [1.82, 2.24) is 29.3 Å². The lowest BCUT2D eigenvalue weighted by Crippen LogP contribution is -2.22. The largest absolute Gasteiger partial charge is 0.422 e. The summed E-state index contributed by atoms with van der Waals surface area (Å²) in [5, 5.41) is 14.7. The van der Waals surface area contributed by atoms with Gasteiger partial charge in [0.15, 0.2) is 0 Å². The van der Waals surface area contributed by atoms with Crippen LogP contribution < -0.4 is 10.5 Å². The van der Waals surface area contributed by atoms with Gasteiger partial charge in [0.05, 0.1) is 30.0 Å². The van der Waals surface area contributed by atoms with E-state index >= 15 is 0 Å². The predicted octanol–water partition coefficient (Wildman–Crippen LogP) is 3.32. The van der Waals surface area contributed by atoms with Crippen LogP contribution in [0, 0.1) is 11.3 Å². The van der Waals surface area contributed by atoms with E-state index in [4.69, 9.17) is 15.6 Å². The van der Waals surface area contributed by atoms with Crippen LogP contribution >= 0.6 is 0 Å². The third-order valence-corrected chi connectivity index (χ3v) is 5.40. The Bertz CT molecular complexity index is 1330. The number of nitrogens with two attached hydrogens (primary N) is 1. The molecule has 0 aliphatic carbocycles. The summed E-state index contributed by atoms with van der Waals surface area (Å²) in [7, 11) is 0. The molecule has 3 aromatic heterocycles. The van der Waals surface area contributed by atoms with Crippen LogP contribution in [-0.4, -0.2) is 29.3 Å². The maximum absolute atomic E-state index is 9.97. The number of imidazole rings is 1. The molecule has 0 bridgehead atoms. The van der Waals surface area contributed by atoms with Crippen LogP contribution in [0.3, 0.4) is 0 Å². The van der Waals surface area contributed by atoms with E-state index in [0.717, 1.165) is 16.8 Å². The highest BCUT2D eigenvalue weighted by Gasteiger charge is 2.38. The highest BCUT2D eigenvalue weighted by atomic mass is 16.5. The van der Waals surface area contributed by atoms with Gasteiger partial charge in [-0.2, -0.15) is 10.4 Å². The van der Waals surface area contributed by atoms with Gasteiger partial charge in [0.2, 0.25) is 11.8 Å². The molecule has 1 unspecified atom stereocenters. The highest BCUT2D eigenvalue weighted by Crippen LogP contribution is 2.47. The van der Waals surface area contributed by atoms with Crippen LogP contribution in [0.2, 0.25) is 0 Å². The summed E-state index contributed by atoms with van der Waals surface area (Å²) in [6.45, 7) is 4.01. The molecule has 0 amide bonds. The van der Waals surface area contributed by atoms with Crippen molar-refractivity contribution in [2.75, 3.05) is 0 Å². The van der Waals surface area contributed by atoms with Crippen molar-refractivity contribution in [3.8, 4) is 29.0 Å². The fraction of sp³-hybridized carbons (Fsp3) is 0.174. The SMILES string of the molecule is CC(C)n1nc(-c2cnccn2)c2c1OC(N)=C(C#N)C2c1ccc(-n2ccnc2)cc1. The summed E-state index contributed by atoms with van der Waals surface area (Å²) in [5.74, 6) is 0.141. The van der Waals surface area contributed by atoms with Crippen LogP contribution in [0.15, 0.2) is 73.0 Å². The van der Waals surface area contributed by atoms with Gasteiger partial charge in [-0.25, -0.2) is 9.67 Å². The number of nitrogens with zero attached hydrogens (tertiary/aromatic N) is 7. The third kappa shape index (κ3) is 3.09. The Balaban J connectivity index is 1.72. The first-order valence-electron chi connectivity index (χ1n) is 10.1. The van der Waals surface area contributed by atoms with Crippen molar-refractivity contribution in [2.24, 2.45) is 5.73 Å². The van der Waals surface area contributed by atoms with Gasteiger partial charge in [-0.05, 0) is 31.5 Å². The molecule has 1 aromatic carbocycles. The van der Waals surface area contributed by atoms with Crippen molar-refractivity contribution in [3.05, 3.63) is 84.2 Å². The Hall–Kier alpha value is -4.45. The maximum Gasteiger partial charge on any atom is 0.224 e. The first-order valence-corrected chi connectivity index (χ1v) is 10.1. The molecular formula is C23H20N8O. The van der Waals surface area contributed by atoms with Gasteiger partial charge >= 0.3 is 0 Å². The topological polar surface area (TPSA) is 120 Å². The van der Waals surface area contributed by atoms with Gasteiger partial charge in [-0.1, -0.05) is 12.1 Å². The van der Waals surface area contributed by atoms with E-state index in [2.05, 4.69) is 21.0 Å². The Morgan fingerprint density at radius 3 is 2.56 bits per heavy atom. The minimum Gasteiger partial charge on any atom is -0.422 e. The lowest BCUT2D eigenvalue weighted by atomic mass is 9.83. The smallest absolute Gasteiger partial charge is 0.224 e. The number of aromatic nitrogens is 6. The lowest BCUT2D eigenvalue weighted by molar-refractivity contribution is 0.334. The molecule has 2 N–H and O–H groups in total. The molecule has 1 aliphatic rings. The van der Waals surface area contributed by atoms with Gasteiger partial charge < -0.3 is 15.0 Å². The molecule has 0 fully saturated rings. The van der Waals surface area contributed by atoms with E-state index in [9.17, 15) is 5.26 Å². The molecule has 0 radical (unpaired) electrons. The molecule has 32 heavy (non-hydrogen) atoms. The van der Waals surface area contributed by atoms with Crippen LogP contribution in [0.5, 0.6) is 5.88 Å². The van der Waals surface area contributed by atoms with Crippen LogP contribution in [-0.2, 0) is 0 Å². The van der Waals surface area contributed by atoms with E-state index in [-0.39, 0.29) is 11.9 Å². The number of hydrogen-bond donors (Lipinski definition) is 1. The number of ether oxygens (including phenoxy) is 1. The lowest BCUT2D eigenvalue weighted by Gasteiger charge is -2.25. The summed E-state index contributed by atoms with van der Waals surface area (Å²) < 4.78 is 9.62. The average Bonchev–Trinajstić information content (AvgIpc) is 3.47. The normalized spacial score (nSPS) is 15.4. The summed E-state index contributed by atoms with van der Waals surface area (Å²) in [6.07, 6.45) is 10.2. The third-order valence-electron chi connectivity index (χ3n) is 5.40. The molecule has 4 heterocycles. The van der Waals surface area contributed by atoms with Crippen molar-refractivity contribution in [2.45, 2.75) is 25.8 Å². The zero-order valence-electron chi connectivity index (χ0n) is 17.5. The molecule has 0 saturated heterocycles. The number of fused-ring (bicyclic) bond motifs is 1. The Morgan fingerprint density at radius 2 is 1.94 bits per heavy atom. The minimum absolute atomic E-state index is 0.00914. The van der Waals surface area contributed by atoms with Crippen LogP contribution in [0.1, 0.15) is 36.9 Å². The number of allylic oxidation sites excluding steroid dienone is 1. The van der Waals surface area contributed by atoms with Gasteiger partial charge in [0.25, 0.3) is 0 Å². The van der Waals surface area contributed by atoms with Crippen molar-refractivity contribution in [1.29, 1.82) is 5.26 Å². The minimum atomic E-state index is -0.454. The fourth-order valence-corrected chi connectivity index (χ4v) is 3.90. The summed E-state index contributed by atoms with van der Waals surface area (Å²) in [5.41, 5.74) is 10.4.